The molecule has 1 heterocycles. The first-order valence-corrected chi connectivity index (χ1v) is 7.75. The molecule has 0 N–H and O–H groups in total. The van der Waals surface area contributed by atoms with Gasteiger partial charge in [-0.15, -0.1) is 0 Å². The number of rotatable bonds is 3. The summed E-state index contributed by atoms with van der Waals surface area (Å²) in [6.07, 6.45) is 2.67. The van der Waals surface area contributed by atoms with Crippen LogP contribution in [0.25, 0.3) is 0 Å². The van der Waals surface area contributed by atoms with Crippen LogP contribution in [0.5, 0.6) is 0 Å². The highest BCUT2D eigenvalue weighted by Crippen LogP contribution is 2.22. The Kier molecular flexibility index (Phi) is 4.81. The number of carbonyl (C=O) groups excluding carboxylic acids is 2. The molecule has 3 heteroatoms. The lowest BCUT2D eigenvalue weighted by Crippen LogP contribution is -2.40. The van der Waals surface area contributed by atoms with E-state index in [0.29, 0.717) is 19.4 Å². The number of amides is 1. The van der Waals surface area contributed by atoms with Gasteiger partial charge in [-0.05, 0) is 29.4 Å². The second-order valence-corrected chi connectivity index (χ2v) is 6.90. The van der Waals surface area contributed by atoms with Crippen molar-refractivity contribution in [1.29, 1.82) is 0 Å². The zero-order valence-corrected chi connectivity index (χ0v) is 13.3. The predicted molar refractivity (Wildman–Crippen MR) is 84.3 cm³/mol. The van der Waals surface area contributed by atoms with Gasteiger partial charge >= 0.3 is 0 Å². The zero-order valence-electron chi connectivity index (χ0n) is 13.3. The number of piperidine rings is 1. The van der Waals surface area contributed by atoms with Crippen LogP contribution in [0.3, 0.4) is 0 Å². The van der Waals surface area contributed by atoms with Crippen molar-refractivity contribution in [2.24, 2.45) is 0 Å². The molecule has 1 amide bonds. The van der Waals surface area contributed by atoms with Crippen molar-refractivity contribution in [2.45, 2.75) is 51.9 Å². The van der Waals surface area contributed by atoms with Crippen LogP contribution >= 0.6 is 0 Å². The predicted octanol–water partition coefficient (Wildman–Crippen LogP) is 3.11. The molecule has 1 aliphatic rings. The molecule has 0 saturated carbocycles. The van der Waals surface area contributed by atoms with Crippen molar-refractivity contribution in [3.8, 4) is 0 Å². The summed E-state index contributed by atoms with van der Waals surface area (Å²) in [5.74, 6) is 0.284. The van der Waals surface area contributed by atoms with E-state index in [-0.39, 0.29) is 17.1 Å². The lowest BCUT2D eigenvalue weighted by molar-refractivity contribution is -0.137. The van der Waals surface area contributed by atoms with E-state index in [1.165, 1.54) is 11.1 Å². The third kappa shape index (κ3) is 4.42. The van der Waals surface area contributed by atoms with Crippen LogP contribution < -0.4 is 0 Å². The minimum atomic E-state index is 0.1000. The van der Waals surface area contributed by atoms with Crippen molar-refractivity contribution in [2.75, 3.05) is 13.1 Å². The number of carbonyl (C=O) groups is 2. The first kappa shape index (κ1) is 15.7. The maximum Gasteiger partial charge on any atom is 0.223 e. The molecule has 1 saturated heterocycles. The average molecular weight is 287 g/mol. The van der Waals surface area contributed by atoms with Gasteiger partial charge in [0.25, 0.3) is 0 Å². The van der Waals surface area contributed by atoms with Crippen LogP contribution in [0.2, 0.25) is 0 Å². The largest absolute Gasteiger partial charge is 0.335 e. The Bertz CT molecular complexity index is 511. The topological polar surface area (TPSA) is 37.4 Å². The minimum Gasteiger partial charge on any atom is -0.335 e. The Morgan fingerprint density at radius 2 is 1.86 bits per heavy atom. The third-order valence-electron chi connectivity index (χ3n) is 4.05. The van der Waals surface area contributed by atoms with E-state index in [1.54, 1.807) is 4.90 Å². The SMILES string of the molecule is CC(C)(C)c1ccc(CCC(=O)N2CCCC(=O)C2)cc1. The molecule has 21 heavy (non-hydrogen) atoms. The summed E-state index contributed by atoms with van der Waals surface area (Å²) < 4.78 is 0. The van der Waals surface area contributed by atoms with Gasteiger partial charge in [-0.2, -0.15) is 0 Å². The Morgan fingerprint density at radius 1 is 1.19 bits per heavy atom. The van der Waals surface area contributed by atoms with Gasteiger partial charge in [-0.25, -0.2) is 0 Å². The molecule has 3 nitrogen and oxygen atoms in total. The van der Waals surface area contributed by atoms with Crippen LogP contribution in [0.15, 0.2) is 24.3 Å². The third-order valence-corrected chi connectivity index (χ3v) is 4.05. The Morgan fingerprint density at radius 3 is 2.43 bits per heavy atom. The summed E-state index contributed by atoms with van der Waals surface area (Å²) >= 11 is 0. The van der Waals surface area contributed by atoms with Crippen LogP contribution in [-0.4, -0.2) is 29.7 Å². The summed E-state index contributed by atoms with van der Waals surface area (Å²) in [6.45, 7) is 7.62. The Labute approximate surface area is 127 Å². The summed E-state index contributed by atoms with van der Waals surface area (Å²) in [6, 6.07) is 8.50. The van der Waals surface area contributed by atoms with Crippen molar-refractivity contribution >= 4 is 11.7 Å². The molecule has 1 aromatic carbocycles. The van der Waals surface area contributed by atoms with Crippen LogP contribution in [0.4, 0.5) is 0 Å². The molecule has 1 fully saturated rings. The highest BCUT2D eigenvalue weighted by Gasteiger charge is 2.21. The maximum absolute atomic E-state index is 12.1. The Balaban J connectivity index is 1.88. The number of likely N-dealkylation sites (tertiary alicyclic amines) is 1. The summed E-state index contributed by atoms with van der Waals surface area (Å²) in [5, 5.41) is 0. The van der Waals surface area contributed by atoms with Gasteiger partial charge in [-0.1, -0.05) is 45.0 Å². The molecule has 0 radical (unpaired) electrons. The molecule has 114 valence electrons. The molecule has 2 rings (SSSR count). The number of nitrogens with zero attached hydrogens (tertiary/aromatic N) is 1. The molecule has 0 unspecified atom stereocenters. The number of hydrogen-bond donors (Lipinski definition) is 0. The molecule has 0 spiro atoms. The fraction of sp³-hybridized carbons (Fsp3) is 0.556. The summed E-state index contributed by atoms with van der Waals surface area (Å²) in [7, 11) is 0. The standard InChI is InChI=1S/C18H25NO2/c1-18(2,3)15-9-6-14(7-10-15)8-11-17(21)19-12-4-5-16(20)13-19/h6-7,9-10H,4-5,8,11-13H2,1-3H3. The van der Waals surface area contributed by atoms with Crippen molar-refractivity contribution < 1.29 is 9.59 Å². The second kappa shape index (κ2) is 6.42. The number of ketones is 1. The first-order valence-electron chi connectivity index (χ1n) is 7.75. The molecule has 1 aromatic rings. The van der Waals surface area contributed by atoms with Gasteiger partial charge in [0.1, 0.15) is 0 Å². The number of aryl methyl sites for hydroxylation is 1. The van der Waals surface area contributed by atoms with E-state index in [2.05, 4.69) is 45.0 Å². The maximum atomic E-state index is 12.1. The second-order valence-electron chi connectivity index (χ2n) is 6.90. The molecular formula is C18H25NO2. The van der Waals surface area contributed by atoms with E-state index in [4.69, 9.17) is 0 Å². The van der Waals surface area contributed by atoms with Gasteiger partial charge in [0.2, 0.25) is 5.91 Å². The fourth-order valence-electron chi connectivity index (χ4n) is 2.63. The Hall–Kier alpha value is -1.64. The minimum absolute atomic E-state index is 0.1000. The van der Waals surface area contributed by atoms with Gasteiger partial charge in [-0.3, -0.25) is 9.59 Å². The molecule has 0 aromatic heterocycles. The normalized spacial score (nSPS) is 16.1. The first-order chi connectivity index (χ1) is 9.86. The van der Waals surface area contributed by atoms with Crippen molar-refractivity contribution in [3.63, 3.8) is 0 Å². The number of benzene rings is 1. The van der Waals surface area contributed by atoms with Crippen LogP contribution in [-0.2, 0) is 21.4 Å². The molecule has 0 aliphatic carbocycles. The van der Waals surface area contributed by atoms with Crippen molar-refractivity contribution in [1.82, 2.24) is 4.90 Å². The highest BCUT2D eigenvalue weighted by molar-refractivity contribution is 5.87. The lowest BCUT2D eigenvalue weighted by Gasteiger charge is -2.25. The van der Waals surface area contributed by atoms with Crippen LogP contribution in [0.1, 0.15) is 51.2 Å². The molecule has 0 bridgehead atoms. The molecule has 1 aliphatic heterocycles. The summed E-state index contributed by atoms with van der Waals surface area (Å²) in [4.78, 5) is 25.2. The van der Waals surface area contributed by atoms with E-state index in [9.17, 15) is 9.59 Å². The van der Waals surface area contributed by atoms with Gasteiger partial charge in [0.15, 0.2) is 5.78 Å². The van der Waals surface area contributed by atoms with Gasteiger partial charge < -0.3 is 4.90 Å². The fourth-order valence-corrected chi connectivity index (χ4v) is 2.63. The van der Waals surface area contributed by atoms with E-state index in [0.717, 1.165) is 19.4 Å². The zero-order chi connectivity index (χ0) is 15.5. The highest BCUT2D eigenvalue weighted by atomic mass is 16.2. The van der Waals surface area contributed by atoms with Crippen molar-refractivity contribution in [3.05, 3.63) is 35.4 Å². The van der Waals surface area contributed by atoms with E-state index < -0.39 is 0 Å². The molecular weight excluding hydrogens is 262 g/mol. The quantitative estimate of drug-likeness (QED) is 0.856. The molecule has 0 atom stereocenters. The van der Waals surface area contributed by atoms with E-state index in [1.807, 2.05) is 0 Å². The smallest absolute Gasteiger partial charge is 0.223 e. The number of Topliss-reactive ketones (excluding diaryl/α,β-unsaturated/α-hetero) is 1. The van der Waals surface area contributed by atoms with Gasteiger partial charge in [0.05, 0.1) is 6.54 Å². The summed E-state index contributed by atoms with van der Waals surface area (Å²) in [5.41, 5.74) is 2.64. The number of hydrogen-bond acceptors (Lipinski definition) is 2. The average Bonchev–Trinajstić information content (AvgIpc) is 2.44. The van der Waals surface area contributed by atoms with E-state index >= 15 is 0 Å². The van der Waals surface area contributed by atoms with Gasteiger partial charge in [0, 0.05) is 19.4 Å². The monoisotopic (exact) mass is 287 g/mol. The van der Waals surface area contributed by atoms with Crippen LogP contribution in [0, 0.1) is 0 Å². The lowest BCUT2D eigenvalue weighted by atomic mass is 9.86.